The molecule has 0 aliphatic carbocycles. The standard InChI is InChI=1S/C29H30O2Si/c1-2-3-22-32(25-16-9-5-10-17-25,26-18-11-6-12-19-26)31-23-28-27(20-13-21-29(28)30)24-14-7-4-8-15-24/h4-21,30H,2-3,22-23H2,1H3. The molecule has 0 heterocycles. The Morgan fingerprint density at radius 2 is 1.25 bits per heavy atom. The van der Waals surface area contributed by atoms with E-state index in [1.807, 2.05) is 24.3 Å². The first kappa shape index (κ1) is 22.1. The van der Waals surface area contributed by atoms with Gasteiger partial charge in [-0.05, 0) is 33.6 Å². The summed E-state index contributed by atoms with van der Waals surface area (Å²) in [6.07, 6.45) is 2.21. The summed E-state index contributed by atoms with van der Waals surface area (Å²) >= 11 is 0. The van der Waals surface area contributed by atoms with Crippen LogP contribution in [-0.4, -0.2) is 13.4 Å². The third-order valence-electron chi connectivity index (χ3n) is 6.06. The molecule has 32 heavy (non-hydrogen) atoms. The molecule has 0 spiro atoms. The molecule has 3 heteroatoms. The van der Waals surface area contributed by atoms with E-state index in [1.165, 1.54) is 10.4 Å². The molecule has 4 aromatic rings. The van der Waals surface area contributed by atoms with Crippen LogP contribution in [0.3, 0.4) is 0 Å². The Labute approximate surface area is 192 Å². The number of benzene rings is 4. The van der Waals surface area contributed by atoms with Gasteiger partial charge in [0.05, 0.1) is 6.61 Å². The smallest absolute Gasteiger partial charge is 0.256 e. The number of rotatable bonds is 9. The number of phenolic OH excluding ortho intramolecular Hbond substituents is 1. The maximum absolute atomic E-state index is 10.8. The Bertz CT molecular complexity index is 1070. The maximum Gasteiger partial charge on any atom is 0.256 e. The summed E-state index contributed by atoms with van der Waals surface area (Å²) < 4.78 is 7.01. The highest BCUT2D eigenvalue weighted by atomic mass is 28.4. The summed E-state index contributed by atoms with van der Waals surface area (Å²) in [5, 5.41) is 13.4. The van der Waals surface area contributed by atoms with Crippen LogP contribution in [0.15, 0.2) is 109 Å². The van der Waals surface area contributed by atoms with Crippen molar-refractivity contribution in [1.82, 2.24) is 0 Å². The van der Waals surface area contributed by atoms with Crippen molar-refractivity contribution >= 4 is 18.7 Å². The Morgan fingerprint density at radius 1 is 0.688 bits per heavy atom. The van der Waals surface area contributed by atoms with Crippen LogP contribution in [-0.2, 0) is 11.0 Å². The van der Waals surface area contributed by atoms with Gasteiger partial charge in [-0.15, -0.1) is 0 Å². The summed E-state index contributed by atoms with van der Waals surface area (Å²) in [6.45, 7) is 2.60. The molecule has 0 radical (unpaired) electrons. The average Bonchev–Trinajstić information content (AvgIpc) is 2.86. The average molecular weight is 439 g/mol. The van der Waals surface area contributed by atoms with Crippen molar-refractivity contribution in [2.45, 2.75) is 32.4 Å². The molecule has 0 bridgehead atoms. The van der Waals surface area contributed by atoms with E-state index in [1.54, 1.807) is 6.07 Å². The van der Waals surface area contributed by atoms with Gasteiger partial charge in [-0.3, -0.25) is 0 Å². The summed E-state index contributed by atoms with van der Waals surface area (Å²) in [5.74, 6) is 0.283. The molecule has 0 aliphatic rings. The summed E-state index contributed by atoms with van der Waals surface area (Å²) in [7, 11) is -2.51. The molecule has 0 unspecified atom stereocenters. The van der Waals surface area contributed by atoms with Gasteiger partial charge < -0.3 is 9.53 Å². The molecule has 0 aromatic heterocycles. The Morgan fingerprint density at radius 3 is 1.81 bits per heavy atom. The maximum atomic E-state index is 10.8. The van der Waals surface area contributed by atoms with Gasteiger partial charge in [0.1, 0.15) is 5.75 Å². The summed E-state index contributed by atoms with van der Waals surface area (Å²) in [5.41, 5.74) is 2.95. The van der Waals surface area contributed by atoms with E-state index in [-0.39, 0.29) is 5.75 Å². The van der Waals surface area contributed by atoms with Crippen LogP contribution >= 0.6 is 0 Å². The van der Waals surface area contributed by atoms with Crippen molar-refractivity contribution in [2.24, 2.45) is 0 Å². The van der Waals surface area contributed by atoms with Crippen molar-refractivity contribution in [3.05, 3.63) is 115 Å². The topological polar surface area (TPSA) is 29.5 Å². The van der Waals surface area contributed by atoms with Crippen molar-refractivity contribution in [2.75, 3.05) is 0 Å². The van der Waals surface area contributed by atoms with Crippen molar-refractivity contribution < 1.29 is 9.53 Å². The van der Waals surface area contributed by atoms with Gasteiger partial charge >= 0.3 is 0 Å². The van der Waals surface area contributed by atoms with Crippen molar-refractivity contribution in [3.63, 3.8) is 0 Å². The SMILES string of the molecule is CCCC[Si](OCc1c(O)cccc1-c1ccccc1)(c1ccccc1)c1ccccc1. The molecule has 0 saturated carbocycles. The van der Waals surface area contributed by atoms with E-state index >= 15 is 0 Å². The predicted octanol–water partition coefficient (Wildman–Crippen LogP) is 6.14. The third-order valence-corrected chi connectivity index (χ3v) is 10.3. The van der Waals surface area contributed by atoms with Crippen LogP contribution in [0.2, 0.25) is 6.04 Å². The molecular weight excluding hydrogens is 408 g/mol. The minimum atomic E-state index is -2.51. The first-order valence-electron chi connectivity index (χ1n) is 11.4. The van der Waals surface area contributed by atoms with Gasteiger partial charge in [-0.25, -0.2) is 0 Å². The molecule has 162 valence electrons. The van der Waals surface area contributed by atoms with E-state index in [9.17, 15) is 5.11 Å². The number of unbranched alkanes of at least 4 members (excludes halogenated alkanes) is 1. The second-order valence-electron chi connectivity index (χ2n) is 8.12. The normalized spacial score (nSPS) is 11.4. The van der Waals surface area contributed by atoms with Gasteiger partial charge in [-0.1, -0.05) is 123 Å². The van der Waals surface area contributed by atoms with E-state index < -0.39 is 8.32 Å². The molecular formula is C29H30O2Si. The minimum Gasteiger partial charge on any atom is -0.508 e. The number of hydrogen-bond acceptors (Lipinski definition) is 2. The van der Waals surface area contributed by atoms with Gasteiger partial charge in [-0.2, -0.15) is 0 Å². The zero-order valence-electron chi connectivity index (χ0n) is 18.6. The van der Waals surface area contributed by atoms with Crippen LogP contribution in [0.4, 0.5) is 0 Å². The molecule has 2 nitrogen and oxygen atoms in total. The van der Waals surface area contributed by atoms with E-state index in [0.717, 1.165) is 35.6 Å². The quantitative estimate of drug-likeness (QED) is 0.318. The number of aromatic hydroxyl groups is 1. The van der Waals surface area contributed by atoms with Crippen LogP contribution in [0.5, 0.6) is 5.75 Å². The second kappa shape index (κ2) is 10.4. The lowest BCUT2D eigenvalue weighted by molar-refractivity contribution is 0.296. The fourth-order valence-electron chi connectivity index (χ4n) is 4.34. The molecule has 4 aromatic carbocycles. The molecule has 0 fully saturated rings. The lowest BCUT2D eigenvalue weighted by atomic mass is 9.99. The lowest BCUT2D eigenvalue weighted by Crippen LogP contribution is -2.60. The molecule has 0 atom stereocenters. The van der Waals surface area contributed by atoms with E-state index in [0.29, 0.717) is 6.61 Å². The van der Waals surface area contributed by atoms with Gasteiger partial charge in [0, 0.05) is 5.56 Å². The van der Waals surface area contributed by atoms with Crippen molar-refractivity contribution in [1.29, 1.82) is 0 Å². The molecule has 0 aliphatic heterocycles. The Balaban J connectivity index is 1.78. The van der Waals surface area contributed by atoms with E-state index in [4.69, 9.17) is 4.43 Å². The molecule has 1 N–H and O–H groups in total. The van der Waals surface area contributed by atoms with Crippen LogP contribution in [0, 0.1) is 0 Å². The minimum absolute atomic E-state index is 0.283. The highest BCUT2D eigenvalue weighted by Crippen LogP contribution is 2.32. The van der Waals surface area contributed by atoms with Crippen LogP contribution < -0.4 is 10.4 Å². The summed E-state index contributed by atoms with van der Waals surface area (Å²) in [6, 6.07) is 38.3. The monoisotopic (exact) mass is 438 g/mol. The number of hydrogen-bond donors (Lipinski definition) is 1. The first-order chi connectivity index (χ1) is 15.7. The highest BCUT2D eigenvalue weighted by molar-refractivity contribution is 6.97. The fourth-order valence-corrected chi connectivity index (χ4v) is 8.44. The number of phenols is 1. The van der Waals surface area contributed by atoms with Crippen molar-refractivity contribution in [3.8, 4) is 16.9 Å². The van der Waals surface area contributed by atoms with Crippen LogP contribution in [0.1, 0.15) is 25.3 Å². The molecule has 4 rings (SSSR count). The lowest BCUT2D eigenvalue weighted by Gasteiger charge is -2.33. The summed E-state index contributed by atoms with van der Waals surface area (Å²) in [4.78, 5) is 0. The van der Waals surface area contributed by atoms with Gasteiger partial charge in [0.25, 0.3) is 8.32 Å². The Kier molecular flexibility index (Phi) is 7.20. The van der Waals surface area contributed by atoms with E-state index in [2.05, 4.69) is 85.8 Å². The first-order valence-corrected chi connectivity index (χ1v) is 13.5. The van der Waals surface area contributed by atoms with Gasteiger partial charge in [0.15, 0.2) is 0 Å². The third kappa shape index (κ3) is 4.69. The highest BCUT2D eigenvalue weighted by Gasteiger charge is 2.39. The zero-order valence-corrected chi connectivity index (χ0v) is 19.6. The second-order valence-corrected chi connectivity index (χ2v) is 11.7. The molecule has 0 saturated heterocycles. The predicted molar refractivity (Wildman–Crippen MR) is 136 cm³/mol. The largest absolute Gasteiger partial charge is 0.508 e. The fraction of sp³-hybridized carbons (Fsp3) is 0.172. The molecule has 0 amide bonds. The Hall–Kier alpha value is -3.14. The van der Waals surface area contributed by atoms with Crippen LogP contribution in [0.25, 0.3) is 11.1 Å². The zero-order chi connectivity index (χ0) is 22.2. The van der Waals surface area contributed by atoms with Gasteiger partial charge in [0.2, 0.25) is 0 Å².